The molecule has 33 heavy (non-hydrogen) atoms. The van der Waals surface area contributed by atoms with Crippen LogP contribution in [0, 0.1) is 5.82 Å². The Kier molecular flexibility index (Phi) is 14.3. The van der Waals surface area contributed by atoms with E-state index in [1.807, 2.05) is 0 Å². The molecule has 1 aromatic rings. The standard InChI is InChI=1S/C25H36ClF4NO2/c1-2-3-4-5-6-7-8-9-10-11-12-13-14-15-18-31(24(33)25(28,29)30)20-16-17-21(23(26)32)22(27)19-20/h16-17,19H,2-15,18H2,1H3. The summed E-state index contributed by atoms with van der Waals surface area (Å²) in [5.74, 6) is -3.12. The molecule has 0 aromatic heterocycles. The van der Waals surface area contributed by atoms with Crippen LogP contribution < -0.4 is 4.90 Å². The van der Waals surface area contributed by atoms with Gasteiger partial charge >= 0.3 is 12.1 Å². The zero-order valence-corrected chi connectivity index (χ0v) is 20.2. The number of carbonyl (C=O) groups is 2. The fourth-order valence-electron chi connectivity index (χ4n) is 3.80. The molecule has 0 aliphatic rings. The number of unbranched alkanes of at least 4 members (excludes halogenated alkanes) is 13. The summed E-state index contributed by atoms with van der Waals surface area (Å²) in [7, 11) is 0. The smallest absolute Gasteiger partial charge is 0.305 e. The van der Waals surface area contributed by atoms with Crippen LogP contribution in [0.15, 0.2) is 18.2 Å². The number of nitrogens with zero attached hydrogens (tertiary/aromatic N) is 1. The molecule has 1 rings (SSSR count). The number of amides is 1. The second kappa shape index (κ2) is 16.1. The van der Waals surface area contributed by atoms with Gasteiger partial charge in [0.25, 0.3) is 5.24 Å². The molecule has 0 unspecified atom stereocenters. The third-order valence-electron chi connectivity index (χ3n) is 5.70. The van der Waals surface area contributed by atoms with E-state index in [1.54, 1.807) is 0 Å². The van der Waals surface area contributed by atoms with E-state index in [1.165, 1.54) is 57.8 Å². The van der Waals surface area contributed by atoms with Crippen LogP contribution in [0.3, 0.4) is 0 Å². The fraction of sp³-hybridized carbons (Fsp3) is 0.680. The highest BCUT2D eigenvalue weighted by Crippen LogP contribution is 2.26. The Morgan fingerprint density at radius 1 is 0.818 bits per heavy atom. The average molecular weight is 494 g/mol. The quantitative estimate of drug-likeness (QED) is 0.124. The minimum atomic E-state index is -5.08. The molecule has 0 fully saturated rings. The average Bonchev–Trinajstić information content (AvgIpc) is 2.75. The molecule has 0 bridgehead atoms. The van der Waals surface area contributed by atoms with E-state index in [0.717, 1.165) is 37.5 Å². The van der Waals surface area contributed by atoms with Crippen molar-refractivity contribution in [2.45, 2.75) is 103 Å². The summed E-state index contributed by atoms with van der Waals surface area (Å²) < 4.78 is 53.0. The van der Waals surface area contributed by atoms with E-state index in [0.29, 0.717) is 17.7 Å². The van der Waals surface area contributed by atoms with Gasteiger partial charge < -0.3 is 4.90 Å². The molecule has 0 aliphatic carbocycles. The van der Waals surface area contributed by atoms with E-state index in [2.05, 4.69) is 6.92 Å². The maximum Gasteiger partial charge on any atom is 0.471 e. The number of benzene rings is 1. The predicted molar refractivity (Wildman–Crippen MR) is 125 cm³/mol. The zero-order chi connectivity index (χ0) is 24.7. The number of alkyl halides is 3. The number of hydrogen-bond donors (Lipinski definition) is 0. The molecule has 8 heteroatoms. The lowest BCUT2D eigenvalue weighted by Gasteiger charge is -2.24. The molecule has 1 amide bonds. The number of hydrogen-bond acceptors (Lipinski definition) is 2. The highest BCUT2D eigenvalue weighted by Gasteiger charge is 2.43. The van der Waals surface area contributed by atoms with Crippen LogP contribution in [-0.2, 0) is 4.79 Å². The van der Waals surface area contributed by atoms with Gasteiger partial charge in [-0.1, -0.05) is 90.4 Å². The van der Waals surface area contributed by atoms with Gasteiger partial charge in [0.2, 0.25) is 0 Å². The molecule has 0 saturated carbocycles. The van der Waals surface area contributed by atoms with Crippen molar-refractivity contribution in [1.29, 1.82) is 0 Å². The summed E-state index contributed by atoms with van der Waals surface area (Å²) >= 11 is 5.24. The van der Waals surface area contributed by atoms with E-state index < -0.39 is 28.7 Å². The van der Waals surface area contributed by atoms with Crippen LogP contribution in [0.2, 0.25) is 0 Å². The molecule has 188 valence electrons. The van der Waals surface area contributed by atoms with E-state index in [9.17, 15) is 27.2 Å². The maximum atomic E-state index is 14.0. The molecule has 3 nitrogen and oxygen atoms in total. The van der Waals surface area contributed by atoms with E-state index in [-0.39, 0.29) is 12.2 Å². The minimum Gasteiger partial charge on any atom is -0.305 e. The second-order valence-electron chi connectivity index (χ2n) is 8.49. The van der Waals surface area contributed by atoms with E-state index >= 15 is 0 Å². The monoisotopic (exact) mass is 493 g/mol. The summed E-state index contributed by atoms with van der Waals surface area (Å²) in [6.45, 7) is 2.04. The van der Waals surface area contributed by atoms with Gasteiger partial charge in [0, 0.05) is 12.2 Å². The normalized spacial score (nSPS) is 11.6. The van der Waals surface area contributed by atoms with Gasteiger partial charge in [-0.3, -0.25) is 9.59 Å². The highest BCUT2D eigenvalue weighted by atomic mass is 35.5. The van der Waals surface area contributed by atoms with Crippen molar-refractivity contribution in [2.75, 3.05) is 11.4 Å². The van der Waals surface area contributed by atoms with Crippen LogP contribution in [0.5, 0.6) is 0 Å². The summed E-state index contributed by atoms with van der Waals surface area (Å²) in [6.07, 6.45) is 10.4. The Morgan fingerprint density at radius 2 is 1.27 bits per heavy atom. The van der Waals surface area contributed by atoms with E-state index in [4.69, 9.17) is 11.6 Å². The number of halogens is 5. The first kappa shape index (κ1) is 29.4. The molecular formula is C25H36ClF4NO2. The SMILES string of the molecule is CCCCCCCCCCCCCCCCN(C(=O)C(F)(F)F)c1ccc(C(=O)Cl)c(F)c1. The predicted octanol–water partition coefficient (Wildman–Crippen LogP) is 8.58. The van der Waals surface area contributed by atoms with Gasteiger partial charge in [-0.2, -0.15) is 13.2 Å². The second-order valence-corrected chi connectivity index (χ2v) is 8.83. The summed E-state index contributed by atoms with van der Waals surface area (Å²) in [4.78, 5) is 23.5. The summed E-state index contributed by atoms with van der Waals surface area (Å²) in [5.41, 5.74) is -0.692. The van der Waals surface area contributed by atoms with Gasteiger partial charge in [0.1, 0.15) is 5.82 Å². The lowest BCUT2D eigenvalue weighted by Crippen LogP contribution is -2.42. The van der Waals surface area contributed by atoms with Crippen LogP contribution in [0.25, 0.3) is 0 Å². The van der Waals surface area contributed by atoms with Crippen LogP contribution in [-0.4, -0.2) is 23.9 Å². The minimum absolute atomic E-state index is 0.177. The zero-order valence-electron chi connectivity index (χ0n) is 19.5. The van der Waals surface area contributed by atoms with Crippen molar-refractivity contribution in [3.05, 3.63) is 29.6 Å². The molecule has 1 aromatic carbocycles. The van der Waals surface area contributed by atoms with Crippen LogP contribution in [0.1, 0.15) is 107 Å². The van der Waals surface area contributed by atoms with Crippen LogP contribution in [0.4, 0.5) is 23.2 Å². The van der Waals surface area contributed by atoms with Gasteiger partial charge in [-0.25, -0.2) is 4.39 Å². The molecule has 0 aliphatic heterocycles. The van der Waals surface area contributed by atoms with Crippen molar-refractivity contribution < 1.29 is 27.2 Å². The molecule has 0 heterocycles. The number of rotatable bonds is 17. The van der Waals surface area contributed by atoms with Crippen molar-refractivity contribution in [2.24, 2.45) is 0 Å². The van der Waals surface area contributed by atoms with Gasteiger partial charge in [-0.15, -0.1) is 0 Å². The Morgan fingerprint density at radius 3 is 1.67 bits per heavy atom. The number of anilines is 1. The molecule has 0 saturated heterocycles. The van der Waals surface area contributed by atoms with Gasteiger partial charge in [0.15, 0.2) is 0 Å². The maximum absolute atomic E-state index is 14.0. The Hall–Kier alpha value is -1.63. The number of carbonyl (C=O) groups excluding carboxylic acids is 2. The van der Waals surface area contributed by atoms with Crippen molar-refractivity contribution in [3.63, 3.8) is 0 Å². The van der Waals surface area contributed by atoms with Crippen molar-refractivity contribution in [1.82, 2.24) is 0 Å². The lowest BCUT2D eigenvalue weighted by molar-refractivity contribution is -0.170. The molecule has 0 atom stereocenters. The van der Waals surface area contributed by atoms with Gasteiger partial charge in [0.05, 0.1) is 5.56 Å². The summed E-state index contributed by atoms with van der Waals surface area (Å²) in [6, 6.07) is 2.83. The van der Waals surface area contributed by atoms with Crippen molar-refractivity contribution in [3.8, 4) is 0 Å². The van der Waals surface area contributed by atoms with Crippen LogP contribution >= 0.6 is 11.6 Å². The lowest BCUT2D eigenvalue weighted by atomic mass is 10.0. The molecule has 0 N–H and O–H groups in total. The first-order valence-electron chi connectivity index (χ1n) is 12.1. The topological polar surface area (TPSA) is 37.4 Å². The first-order valence-corrected chi connectivity index (χ1v) is 12.4. The molecule has 0 spiro atoms. The highest BCUT2D eigenvalue weighted by molar-refractivity contribution is 6.67. The summed E-state index contributed by atoms with van der Waals surface area (Å²) in [5, 5.41) is -1.06. The largest absolute Gasteiger partial charge is 0.471 e. The van der Waals surface area contributed by atoms with Crippen molar-refractivity contribution >= 4 is 28.4 Å². The third kappa shape index (κ3) is 11.9. The van der Waals surface area contributed by atoms with Gasteiger partial charge in [-0.05, 0) is 36.2 Å². The third-order valence-corrected chi connectivity index (χ3v) is 5.90. The first-order chi connectivity index (χ1) is 15.7. The molecule has 0 radical (unpaired) electrons. The fourth-order valence-corrected chi connectivity index (χ4v) is 3.95. The Labute approximate surface area is 199 Å². The molecular weight excluding hydrogens is 458 g/mol. The Bertz CT molecular complexity index is 725. The Balaban J connectivity index is 2.35.